The molecule has 0 aliphatic heterocycles. The number of benzene rings is 3. The number of carbonyl (C=O) groups is 1. The lowest BCUT2D eigenvalue weighted by Gasteiger charge is -2.04. The summed E-state index contributed by atoms with van der Waals surface area (Å²) < 4.78 is 33.1. The van der Waals surface area contributed by atoms with Crippen molar-refractivity contribution in [3.8, 4) is 23.0 Å². The number of primary sulfonamides is 1. The van der Waals surface area contributed by atoms with E-state index in [1.165, 1.54) is 81.0 Å². The average molecular weight is 552 g/mol. The van der Waals surface area contributed by atoms with Crippen LogP contribution in [0.1, 0.15) is 11.1 Å². The van der Waals surface area contributed by atoms with Gasteiger partial charge in [0, 0.05) is 0 Å². The van der Waals surface area contributed by atoms with Crippen molar-refractivity contribution in [2.24, 2.45) is 15.4 Å². The molecule has 12 heteroatoms. The number of ketones is 1. The highest BCUT2D eigenvalue weighted by molar-refractivity contribution is 7.89. The third-order valence-corrected chi connectivity index (χ3v) is 6.10. The van der Waals surface area contributed by atoms with Crippen molar-refractivity contribution < 1.29 is 38.0 Å². The summed E-state index contributed by atoms with van der Waals surface area (Å²) >= 11 is 0. The summed E-state index contributed by atoms with van der Waals surface area (Å²) in [6.45, 7) is 0. The van der Waals surface area contributed by atoms with E-state index < -0.39 is 27.3 Å². The molecule has 0 fully saturated rings. The fourth-order valence-corrected chi connectivity index (χ4v) is 3.65. The number of methoxy groups -OCH3 is 2. The first-order valence-corrected chi connectivity index (χ1v) is 12.7. The minimum Gasteiger partial charge on any atom is -0.505 e. The molecule has 0 spiro atoms. The fraction of sp³-hybridized carbons (Fsp3) is 0.0741. The Morgan fingerprint density at radius 1 is 0.846 bits per heavy atom. The van der Waals surface area contributed by atoms with Gasteiger partial charge in [-0.3, -0.25) is 4.79 Å². The molecule has 0 amide bonds. The Hall–Kier alpha value is -4.94. The van der Waals surface area contributed by atoms with Gasteiger partial charge in [0.1, 0.15) is 5.76 Å². The summed E-state index contributed by atoms with van der Waals surface area (Å²) in [6, 6.07) is 14.1. The third-order valence-electron chi connectivity index (χ3n) is 5.18. The second-order valence-electron chi connectivity index (χ2n) is 7.87. The van der Waals surface area contributed by atoms with Crippen molar-refractivity contribution in [2.45, 2.75) is 4.90 Å². The first-order valence-electron chi connectivity index (χ1n) is 11.1. The summed E-state index contributed by atoms with van der Waals surface area (Å²) in [5.74, 6) is -0.951. The van der Waals surface area contributed by atoms with Crippen LogP contribution in [-0.4, -0.2) is 43.7 Å². The van der Waals surface area contributed by atoms with Gasteiger partial charge in [0.25, 0.3) is 0 Å². The minimum absolute atomic E-state index is 0.0662. The molecule has 0 aliphatic carbocycles. The second-order valence-corrected chi connectivity index (χ2v) is 9.43. The van der Waals surface area contributed by atoms with E-state index in [1.807, 2.05) is 0 Å². The van der Waals surface area contributed by atoms with Gasteiger partial charge in [-0.2, -0.15) is 5.11 Å². The maximum Gasteiger partial charge on any atom is 0.238 e. The van der Waals surface area contributed by atoms with E-state index in [0.29, 0.717) is 11.1 Å². The minimum atomic E-state index is -3.90. The number of carbonyl (C=O) groups excluding carboxylic acids is 1. The first kappa shape index (κ1) is 28.6. The number of aliphatic hydroxyl groups excluding tert-OH is 1. The molecular weight excluding hydrogens is 526 g/mol. The first-order chi connectivity index (χ1) is 18.5. The van der Waals surface area contributed by atoms with Gasteiger partial charge in [-0.1, -0.05) is 24.3 Å². The van der Waals surface area contributed by atoms with E-state index in [-0.39, 0.29) is 33.6 Å². The molecule has 0 saturated heterocycles. The number of aromatic hydroxyl groups is 2. The summed E-state index contributed by atoms with van der Waals surface area (Å²) in [7, 11) is -1.13. The lowest BCUT2D eigenvalue weighted by atomic mass is 10.1. The molecule has 202 valence electrons. The number of nitrogens with zero attached hydrogens (tertiary/aromatic N) is 2. The SMILES string of the molecule is COc1cc(/C=C/C(=O)/C(N=Nc2ccc(S(N)(=O)=O)cc2)=C(O)/C=C/c2ccc(O)c(OC)c2)ccc1O. The van der Waals surface area contributed by atoms with E-state index >= 15 is 0 Å². The topological polar surface area (TPSA) is 181 Å². The van der Waals surface area contributed by atoms with Gasteiger partial charge in [0.05, 0.1) is 24.8 Å². The molecule has 5 N–H and O–H groups in total. The Labute approximate surface area is 224 Å². The largest absolute Gasteiger partial charge is 0.505 e. The van der Waals surface area contributed by atoms with Crippen molar-refractivity contribution in [1.82, 2.24) is 0 Å². The van der Waals surface area contributed by atoms with Gasteiger partial charge in [-0.25, -0.2) is 13.6 Å². The molecule has 0 saturated carbocycles. The monoisotopic (exact) mass is 551 g/mol. The van der Waals surface area contributed by atoms with Gasteiger partial charge >= 0.3 is 0 Å². The second kappa shape index (κ2) is 12.5. The van der Waals surface area contributed by atoms with Crippen LogP contribution in [0.25, 0.3) is 12.2 Å². The van der Waals surface area contributed by atoms with E-state index in [2.05, 4.69) is 10.2 Å². The predicted molar refractivity (Wildman–Crippen MR) is 144 cm³/mol. The Bertz CT molecular complexity index is 1590. The quantitative estimate of drug-likeness (QED) is 0.122. The van der Waals surface area contributed by atoms with Crippen molar-refractivity contribution in [3.05, 3.63) is 95.4 Å². The number of rotatable bonds is 10. The molecular formula is C27H25N3O8S. The number of ether oxygens (including phenoxy) is 2. The number of nitrogens with two attached hydrogens (primary N) is 1. The summed E-state index contributed by atoms with van der Waals surface area (Å²) in [4.78, 5) is 12.9. The molecule has 0 aliphatic rings. The molecule has 11 nitrogen and oxygen atoms in total. The highest BCUT2D eigenvalue weighted by Gasteiger charge is 2.13. The maximum absolute atomic E-state index is 13.0. The van der Waals surface area contributed by atoms with Gasteiger partial charge in [-0.05, 0) is 71.8 Å². The smallest absolute Gasteiger partial charge is 0.238 e. The van der Waals surface area contributed by atoms with E-state index in [0.717, 1.165) is 6.08 Å². The summed E-state index contributed by atoms with van der Waals surface area (Å²) in [5.41, 5.74) is 0.846. The van der Waals surface area contributed by atoms with Crippen LogP contribution < -0.4 is 14.6 Å². The Kier molecular flexibility index (Phi) is 9.20. The number of hydrogen-bond acceptors (Lipinski definition) is 10. The van der Waals surface area contributed by atoms with Crippen molar-refractivity contribution in [2.75, 3.05) is 14.2 Å². The molecule has 3 aromatic rings. The fourth-order valence-electron chi connectivity index (χ4n) is 3.14. The standard InChI is InChI=1S/C27H25N3O8S/c1-37-25-15-17(3-11-21(25)31)5-13-23(33)27(30-29-19-7-9-20(10-8-19)39(28,35)36)24(34)14-6-18-4-12-22(32)26(16-18)38-2/h3-16,31-33H,1-2H3,(H2,28,35,36)/b13-5+,14-6+,27-23+,30-29?. The van der Waals surface area contributed by atoms with Crippen LogP contribution in [0.4, 0.5) is 5.69 Å². The van der Waals surface area contributed by atoms with Crippen LogP contribution in [0.3, 0.4) is 0 Å². The molecule has 3 rings (SSSR count). The zero-order chi connectivity index (χ0) is 28.6. The number of phenolic OH excluding ortho intramolecular Hbond substituents is 2. The molecule has 39 heavy (non-hydrogen) atoms. The van der Waals surface area contributed by atoms with Crippen LogP contribution >= 0.6 is 0 Å². The van der Waals surface area contributed by atoms with Crippen LogP contribution in [0.5, 0.6) is 23.0 Å². The van der Waals surface area contributed by atoms with E-state index in [4.69, 9.17) is 14.6 Å². The number of hydrogen-bond donors (Lipinski definition) is 4. The zero-order valence-corrected chi connectivity index (χ0v) is 21.7. The van der Waals surface area contributed by atoms with Crippen LogP contribution in [0.2, 0.25) is 0 Å². The lowest BCUT2D eigenvalue weighted by Crippen LogP contribution is -2.11. The number of phenols is 2. The van der Waals surface area contributed by atoms with Gasteiger partial charge in [0.2, 0.25) is 15.8 Å². The maximum atomic E-state index is 13.0. The van der Waals surface area contributed by atoms with E-state index in [9.17, 15) is 28.5 Å². The lowest BCUT2D eigenvalue weighted by molar-refractivity contribution is -0.111. The van der Waals surface area contributed by atoms with E-state index in [1.54, 1.807) is 12.1 Å². The van der Waals surface area contributed by atoms with Crippen molar-refractivity contribution >= 4 is 33.6 Å². The molecule has 0 aromatic heterocycles. The average Bonchev–Trinajstić information content (AvgIpc) is 2.92. The van der Waals surface area contributed by atoms with Crippen molar-refractivity contribution in [1.29, 1.82) is 0 Å². The number of azo groups is 1. The highest BCUT2D eigenvalue weighted by Crippen LogP contribution is 2.28. The van der Waals surface area contributed by atoms with Crippen LogP contribution in [-0.2, 0) is 14.8 Å². The molecule has 0 bridgehead atoms. The summed E-state index contributed by atoms with van der Waals surface area (Å²) in [5, 5.41) is 43.2. The number of aliphatic hydroxyl groups is 1. The molecule has 3 aromatic carbocycles. The van der Waals surface area contributed by atoms with Gasteiger partial charge < -0.3 is 24.8 Å². The third kappa shape index (κ3) is 7.77. The van der Waals surface area contributed by atoms with Crippen LogP contribution in [0.15, 0.2) is 99.4 Å². The Morgan fingerprint density at radius 3 is 1.85 bits per heavy atom. The molecule has 0 radical (unpaired) electrons. The molecule has 0 heterocycles. The predicted octanol–water partition coefficient (Wildman–Crippen LogP) is 4.61. The highest BCUT2D eigenvalue weighted by atomic mass is 32.2. The van der Waals surface area contributed by atoms with Crippen LogP contribution in [0, 0.1) is 0 Å². The number of allylic oxidation sites excluding steroid dienone is 2. The normalized spacial score (nSPS) is 12.7. The van der Waals surface area contributed by atoms with Gasteiger partial charge in [0.15, 0.2) is 28.7 Å². The molecule has 0 unspecified atom stereocenters. The zero-order valence-electron chi connectivity index (χ0n) is 20.8. The molecule has 0 atom stereocenters. The Balaban J connectivity index is 1.97. The summed E-state index contributed by atoms with van der Waals surface area (Å²) in [6.07, 6.45) is 5.27. The van der Waals surface area contributed by atoms with Crippen molar-refractivity contribution in [3.63, 3.8) is 0 Å². The Morgan fingerprint density at radius 2 is 1.36 bits per heavy atom. The van der Waals surface area contributed by atoms with Gasteiger partial charge in [-0.15, -0.1) is 5.11 Å². The number of sulfonamides is 1.